The van der Waals surface area contributed by atoms with E-state index in [1.807, 2.05) is 0 Å². The first kappa shape index (κ1) is 28.6. The van der Waals surface area contributed by atoms with Crippen LogP contribution in [0, 0.1) is 10.1 Å². The Labute approximate surface area is 231 Å². The highest BCUT2D eigenvalue weighted by Gasteiger charge is 2.33. The molecule has 13 heteroatoms. The number of rotatable bonds is 11. The summed E-state index contributed by atoms with van der Waals surface area (Å²) in [7, 11) is -8.42. The minimum Gasteiger partial charge on any atom is -0.264 e. The summed E-state index contributed by atoms with van der Waals surface area (Å²) in [6, 6.07) is 17.4. The van der Waals surface area contributed by atoms with Gasteiger partial charge in [-0.25, -0.2) is 21.6 Å². The third-order valence-electron chi connectivity index (χ3n) is 6.02. The van der Waals surface area contributed by atoms with Crippen molar-refractivity contribution < 1.29 is 21.8 Å². The second-order valence-corrected chi connectivity index (χ2v) is 12.9. The zero-order chi connectivity index (χ0) is 28.2. The lowest BCUT2D eigenvalue weighted by Crippen LogP contribution is -2.45. The molecule has 10 nitrogen and oxygen atoms in total. The Bertz CT molecular complexity index is 1730. The number of nitrogens with zero attached hydrogens (tertiary/aromatic N) is 3. The fourth-order valence-electron chi connectivity index (χ4n) is 4.13. The van der Waals surface area contributed by atoms with Crippen LogP contribution in [0.4, 0.5) is 5.69 Å². The lowest BCUT2D eigenvalue weighted by atomic mass is 10.1. The summed E-state index contributed by atoms with van der Waals surface area (Å²) < 4.78 is 57.2. The molecule has 0 radical (unpaired) electrons. The SMILES string of the molecule is CC(CN(CCc1ccccc1Cl)S(=O)(=O)c1ccccc1[N+](=O)[O-])NS(=O)(=O)c1ccc2cnccc2c1. The molecule has 204 valence electrons. The third-order valence-corrected chi connectivity index (χ3v) is 9.89. The van der Waals surface area contributed by atoms with Gasteiger partial charge in [0.2, 0.25) is 20.0 Å². The van der Waals surface area contributed by atoms with E-state index in [-0.39, 0.29) is 24.4 Å². The van der Waals surface area contributed by atoms with Gasteiger partial charge in [0.25, 0.3) is 5.69 Å². The van der Waals surface area contributed by atoms with Crippen molar-refractivity contribution in [2.24, 2.45) is 0 Å². The Hall–Kier alpha value is -3.42. The van der Waals surface area contributed by atoms with Crippen molar-refractivity contribution >= 4 is 48.1 Å². The van der Waals surface area contributed by atoms with E-state index in [1.165, 1.54) is 31.2 Å². The van der Waals surface area contributed by atoms with Gasteiger partial charge in [0, 0.05) is 48.0 Å². The van der Waals surface area contributed by atoms with Crippen LogP contribution >= 0.6 is 11.6 Å². The van der Waals surface area contributed by atoms with Crippen LogP contribution in [0.3, 0.4) is 0 Å². The maximum absolute atomic E-state index is 13.7. The average Bonchev–Trinajstić information content (AvgIpc) is 2.91. The fraction of sp³-hybridized carbons (Fsp3) is 0.192. The number of pyridine rings is 1. The number of nitrogens with one attached hydrogen (secondary N) is 1. The van der Waals surface area contributed by atoms with E-state index in [1.54, 1.807) is 48.8 Å². The first-order valence-electron chi connectivity index (χ1n) is 11.8. The lowest BCUT2D eigenvalue weighted by molar-refractivity contribution is -0.387. The monoisotopic (exact) mass is 588 g/mol. The molecule has 1 atom stereocenters. The minimum absolute atomic E-state index is 0.0113. The van der Waals surface area contributed by atoms with Crippen LogP contribution in [-0.2, 0) is 26.5 Å². The second-order valence-electron chi connectivity index (χ2n) is 8.84. The molecule has 4 rings (SSSR count). The maximum atomic E-state index is 13.7. The maximum Gasteiger partial charge on any atom is 0.289 e. The molecule has 4 aromatic rings. The molecule has 0 saturated heterocycles. The Morgan fingerprint density at radius 2 is 1.72 bits per heavy atom. The van der Waals surface area contributed by atoms with Crippen molar-refractivity contribution in [1.29, 1.82) is 0 Å². The Morgan fingerprint density at radius 1 is 1.00 bits per heavy atom. The summed E-state index contributed by atoms with van der Waals surface area (Å²) in [5, 5.41) is 13.5. The van der Waals surface area contributed by atoms with Gasteiger partial charge in [-0.2, -0.15) is 4.31 Å². The standard InChI is InChI=1S/C26H25ClN4O6S2/c1-19(29-38(34,35)23-11-10-22-17-28-14-12-21(22)16-23)18-30(15-13-20-6-2-3-7-24(20)27)39(36,37)26-9-5-4-8-25(26)31(32)33/h2-12,14,16-17,19,29H,13,15,18H2,1H3. The number of hydrogen-bond acceptors (Lipinski definition) is 7. The number of aromatic nitrogens is 1. The molecule has 0 fully saturated rings. The van der Waals surface area contributed by atoms with E-state index in [9.17, 15) is 26.9 Å². The van der Waals surface area contributed by atoms with Crippen molar-refractivity contribution in [3.63, 3.8) is 0 Å². The highest BCUT2D eigenvalue weighted by molar-refractivity contribution is 7.89. The summed E-state index contributed by atoms with van der Waals surface area (Å²) in [5.74, 6) is 0. The Balaban J connectivity index is 1.63. The van der Waals surface area contributed by atoms with E-state index in [0.29, 0.717) is 16.0 Å². The number of hydrogen-bond donors (Lipinski definition) is 1. The molecule has 1 aromatic heterocycles. The zero-order valence-electron chi connectivity index (χ0n) is 20.8. The van der Waals surface area contributed by atoms with Gasteiger partial charge in [0.05, 0.1) is 9.82 Å². The molecule has 1 unspecified atom stereocenters. The zero-order valence-corrected chi connectivity index (χ0v) is 23.2. The molecule has 1 heterocycles. The van der Waals surface area contributed by atoms with Crippen molar-refractivity contribution in [2.75, 3.05) is 13.1 Å². The molecular weight excluding hydrogens is 564 g/mol. The normalized spacial score (nSPS) is 13.0. The van der Waals surface area contributed by atoms with Crippen molar-refractivity contribution in [3.05, 3.63) is 106 Å². The van der Waals surface area contributed by atoms with Gasteiger partial charge in [0.15, 0.2) is 4.90 Å². The molecule has 0 aliphatic rings. The largest absolute Gasteiger partial charge is 0.289 e. The van der Waals surface area contributed by atoms with Gasteiger partial charge < -0.3 is 0 Å². The first-order chi connectivity index (χ1) is 18.5. The molecule has 0 saturated carbocycles. The molecule has 0 aliphatic carbocycles. The van der Waals surface area contributed by atoms with Gasteiger partial charge in [0.1, 0.15) is 0 Å². The van der Waals surface area contributed by atoms with Crippen molar-refractivity contribution in [1.82, 2.24) is 14.0 Å². The summed E-state index contributed by atoms with van der Waals surface area (Å²) >= 11 is 6.26. The fourth-order valence-corrected chi connectivity index (χ4v) is 7.31. The summed E-state index contributed by atoms with van der Waals surface area (Å²) in [4.78, 5) is 14.4. The number of benzene rings is 3. The van der Waals surface area contributed by atoms with Gasteiger partial charge in [-0.15, -0.1) is 0 Å². The van der Waals surface area contributed by atoms with Crippen molar-refractivity contribution in [3.8, 4) is 0 Å². The van der Waals surface area contributed by atoms with Crippen LogP contribution in [0.1, 0.15) is 12.5 Å². The van der Waals surface area contributed by atoms with Gasteiger partial charge in [-0.3, -0.25) is 15.1 Å². The molecule has 39 heavy (non-hydrogen) atoms. The van der Waals surface area contributed by atoms with Crippen LogP contribution in [-0.4, -0.2) is 50.2 Å². The Morgan fingerprint density at radius 3 is 2.46 bits per heavy atom. The lowest BCUT2D eigenvalue weighted by Gasteiger charge is -2.26. The predicted molar refractivity (Wildman–Crippen MR) is 149 cm³/mol. The smallest absolute Gasteiger partial charge is 0.264 e. The molecular formula is C26H25ClN4O6S2. The van der Waals surface area contributed by atoms with E-state index < -0.39 is 41.6 Å². The number of nitro groups is 1. The van der Waals surface area contributed by atoms with E-state index in [4.69, 9.17) is 11.6 Å². The van der Waals surface area contributed by atoms with Gasteiger partial charge in [-0.05, 0) is 54.6 Å². The number of sulfonamides is 2. The Kier molecular flexibility index (Phi) is 8.62. The quantitative estimate of drug-likeness (QED) is 0.202. The van der Waals surface area contributed by atoms with Crippen LogP contribution in [0.5, 0.6) is 0 Å². The van der Waals surface area contributed by atoms with Gasteiger partial charge >= 0.3 is 0 Å². The summed E-state index contributed by atoms with van der Waals surface area (Å²) in [6.07, 6.45) is 3.38. The van der Waals surface area contributed by atoms with E-state index in [0.717, 1.165) is 21.8 Å². The molecule has 0 aliphatic heterocycles. The molecule has 0 bridgehead atoms. The summed E-state index contributed by atoms with van der Waals surface area (Å²) in [6.45, 7) is 1.16. The number of fused-ring (bicyclic) bond motifs is 1. The van der Waals surface area contributed by atoms with E-state index >= 15 is 0 Å². The predicted octanol–water partition coefficient (Wildman–Crippen LogP) is 4.40. The highest BCUT2D eigenvalue weighted by atomic mass is 35.5. The summed E-state index contributed by atoms with van der Waals surface area (Å²) in [5.41, 5.74) is 0.111. The van der Waals surface area contributed by atoms with Gasteiger partial charge in [-0.1, -0.05) is 48.0 Å². The first-order valence-corrected chi connectivity index (χ1v) is 15.1. The van der Waals surface area contributed by atoms with Crippen LogP contribution in [0.25, 0.3) is 10.8 Å². The minimum atomic E-state index is -4.40. The number of halogens is 1. The van der Waals surface area contributed by atoms with E-state index in [2.05, 4.69) is 9.71 Å². The average molecular weight is 589 g/mol. The molecule has 1 N–H and O–H groups in total. The number of nitro benzene ring substituents is 1. The van der Waals surface area contributed by atoms with Crippen LogP contribution in [0.15, 0.2) is 95.0 Å². The topological polar surface area (TPSA) is 140 Å². The number of para-hydroxylation sites is 1. The molecule has 0 amide bonds. The molecule has 3 aromatic carbocycles. The third kappa shape index (κ3) is 6.60. The van der Waals surface area contributed by atoms with Crippen LogP contribution < -0.4 is 4.72 Å². The highest BCUT2D eigenvalue weighted by Crippen LogP contribution is 2.27. The van der Waals surface area contributed by atoms with Crippen LogP contribution in [0.2, 0.25) is 5.02 Å². The second kappa shape index (κ2) is 11.8. The van der Waals surface area contributed by atoms with Crippen molar-refractivity contribution in [2.45, 2.75) is 29.2 Å². The molecule has 0 spiro atoms.